The van der Waals surface area contributed by atoms with Gasteiger partial charge < -0.3 is 4.57 Å². The van der Waals surface area contributed by atoms with Crippen molar-refractivity contribution in [1.82, 2.24) is 4.57 Å². The SMILES string of the molecule is C#CCn1c(C)c(C)c2ccccc21. The predicted octanol–water partition coefficient (Wildman–Crippen LogP) is 2.89. The summed E-state index contributed by atoms with van der Waals surface area (Å²) in [6.07, 6.45) is 5.36. The number of aryl methyl sites for hydroxylation is 1. The molecule has 0 fully saturated rings. The van der Waals surface area contributed by atoms with E-state index in [0.717, 1.165) is 0 Å². The highest BCUT2D eigenvalue weighted by Crippen LogP contribution is 2.24. The van der Waals surface area contributed by atoms with E-state index in [2.05, 4.69) is 42.5 Å². The summed E-state index contributed by atoms with van der Waals surface area (Å²) in [5.41, 5.74) is 3.83. The Morgan fingerprint density at radius 2 is 2.00 bits per heavy atom. The van der Waals surface area contributed by atoms with E-state index < -0.39 is 0 Å². The van der Waals surface area contributed by atoms with Crippen molar-refractivity contribution in [2.45, 2.75) is 20.4 Å². The van der Waals surface area contributed by atoms with Gasteiger partial charge in [0.25, 0.3) is 0 Å². The lowest BCUT2D eigenvalue weighted by Crippen LogP contribution is -1.97. The fourth-order valence-electron chi connectivity index (χ4n) is 1.90. The molecule has 0 spiro atoms. The number of fused-ring (bicyclic) bond motifs is 1. The van der Waals surface area contributed by atoms with Crippen LogP contribution < -0.4 is 0 Å². The summed E-state index contributed by atoms with van der Waals surface area (Å²) in [5, 5.41) is 1.31. The van der Waals surface area contributed by atoms with Gasteiger partial charge in [-0.05, 0) is 25.5 Å². The first-order chi connectivity index (χ1) is 6.75. The molecule has 0 radical (unpaired) electrons. The average Bonchev–Trinajstić information content (AvgIpc) is 2.45. The number of benzene rings is 1. The normalized spacial score (nSPS) is 10.4. The topological polar surface area (TPSA) is 4.93 Å². The van der Waals surface area contributed by atoms with Gasteiger partial charge in [-0.1, -0.05) is 24.1 Å². The zero-order valence-corrected chi connectivity index (χ0v) is 8.54. The fraction of sp³-hybridized carbons (Fsp3) is 0.231. The molecule has 1 nitrogen and oxygen atoms in total. The van der Waals surface area contributed by atoms with Crippen LogP contribution in [0.15, 0.2) is 24.3 Å². The molecule has 1 aromatic carbocycles. The molecule has 2 rings (SSSR count). The molecule has 14 heavy (non-hydrogen) atoms. The molecule has 0 N–H and O–H groups in total. The number of rotatable bonds is 1. The summed E-state index contributed by atoms with van der Waals surface area (Å²) in [6, 6.07) is 8.38. The minimum Gasteiger partial charge on any atom is -0.333 e. The Morgan fingerprint density at radius 3 is 2.71 bits per heavy atom. The molecule has 0 saturated carbocycles. The summed E-state index contributed by atoms with van der Waals surface area (Å²) in [5.74, 6) is 2.69. The van der Waals surface area contributed by atoms with Crippen molar-refractivity contribution >= 4 is 10.9 Å². The molecular formula is C13H13N. The van der Waals surface area contributed by atoms with E-state index in [-0.39, 0.29) is 0 Å². The highest BCUT2D eigenvalue weighted by atomic mass is 15.0. The van der Waals surface area contributed by atoms with Crippen LogP contribution in [0.4, 0.5) is 0 Å². The molecular weight excluding hydrogens is 170 g/mol. The quantitative estimate of drug-likeness (QED) is 0.599. The summed E-state index contributed by atoms with van der Waals surface area (Å²) < 4.78 is 2.19. The first-order valence-corrected chi connectivity index (χ1v) is 4.73. The van der Waals surface area contributed by atoms with Crippen LogP contribution >= 0.6 is 0 Å². The number of nitrogens with zero attached hydrogens (tertiary/aromatic N) is 1. The Morgan fingerprint density at radius 1 is 1.29 bits per heavy atom. The molecule has 0 unspecified atom stereocenters. The standard InChI is InChI=1S/C13H13N/c1-4-9-14-11(3)10(2)12-7-5-6-8-13(12)14/h1,5-8H,9H2,2-3H3. The smallest absolute Gasteiger partial charge is 0.0837 e. The second kappa shape index (κ2) is 3.23. The van der Waals surface area contributed by atoms with Crippen molar-refractivity contribution in [3.8, 4) is 12.3 Å². The van der Waals surface area contributed by atoms with E-state index in [4.69, 9.17) is 6.42 Å². The monoisotopic (exact) mass is 183 g/mol. The van der Waals surface area contributed by atoms with Gasteiger partial charge in [-0.3, -0.25) is 0 Å². The van der Waals surface area contributed by atoms with E-state index in [1.54, 1.807) is 0 Å². The average molecular weight is 183 g/mol. The molecule has 0 saturated heterocycles. The van der Waals surface area contributed by atoms with Crippen LogP contribution in [0.5, 0.6) is 0 Å². The number of hydrogen-bond acceptors (Lipinski definition) is 0. The van der Waals surface area contributed by atoms with Crippen LogP contribution in [-0.2, 0) is 6.54 Å². The van der Waals surface area contributed by atoms with Gasteiger partial charge in [0.15, 0.2) is 0 Å². The molecule has 0 bridgehead atoms. The summed E-state index contributed by atoms with van der Waals surface area (Å²) in [4.78, 5) is 0. The Kier molecular flexibility index (Phi) is 2.05. The summed E-state index contributed by atoms with van der Waals surface area (Å²) in [6.45, 7) is 4.91. The highest BCUT2D eigenvalue weighted by molar-refractivity contribution is 5.85. The van der Waals surface area contributed by atoms with Gasteiger partial charge in [-0.25, -0.2) is 0 Å². The lowest BCUT2D eigenvalue weighted by Gasteiger charge is -2.02. The molecule has 0 aliphatic rings. The van der Waals surface area contributed by atoms with Crippen LogP contribution in [0.3, 0.4) is 0 Å². The Labute approximate surface area is 84.4 Å². The first kappa shape index (κ1) is 8.90. The highest BCUT2D eigenvalue weighted by Gasteiger charge is 2.08. The van der Waals surface area contributed by atoms with Gasteiger partial charge in [-0.15, -0.1) is 6.42 Å². The van der Waals surface area contributed by atoms with E-state index in [9.17, 15) is 0 Å². The van der Waals surface area contributed by atoms with Crippen molar-refractivity contribution in [1.29, 1.82) is 0 Å². The second-order valence-electron chi connectivity index (χ2n) is 3.52. The maximum atomic E-state index is 5.36. The molecule has 0 atom stereocenters. The molecule has 2 aromatic rings. The number of aromatic nitrogens is 1. The van der Waals surface area contributed by atoms with E-state index in [0.29, 0.717) is 6.54 Å². The fourth-order valence-corrected chi connectivity index (χ4v) is 1.90. The van der Waals surface area contributed by atoms with Crippen molar-refractivity contribution in [3.63, 3.8) is 0 Å². The Hall–Kier alpha value is -1.68. The van der Waals surface area contributed by atoms with Gasteiger partial charge in [0, 0.05) is 16.6 Å². The zero-order valence-electron chi connectivity index (χ0n) is 8.54. The zero-order chi connectivity index (χ0) is 10.1. The minimum atomic E-state index is 0.653. The third-order valence-corrected chi connectivity index (χ3v) is 2.80. The summed E-state index contributed by atoms with van der Waals surface area (Å²) >= 11 is 0. The molecule has 1 heterocycles. The second-order valence-corrected chi connectivity index (χ2v) is 3.52. The number of para-hydroxylation sites is 1. The van der Waals surface area contributed by atoms with Crippen LogP contribution in [0, 0.1) is 26.2 Å². The maximum Gasteiger partial charge on any atom is 0.0837 e. The largest absolute Gasteiger partial charge is 0.333 e. The van der Waals surface area contributed by atoms with Crippen molar-refractivity contribution in [2.75, 3.05) is 0 Å². The van der Waals surface area contributed by atoms with Crippen molar-refractivity contribution in [2.24, 2.45) is 0 Å². The van der Waals surface area contributed by atoms with Gasteiger partial charge >= 0.3 is 0 Å². The van der Waals surface area contributed by atoms with Crippen LogP contribution in [-0.4, -0.2) is 4.57 Å². The lowest BCUT2D eigenvalue weighted by atomic mass is 10.2. The van der Waals surface area contributed by atoms with E-state index >= 15 is 0 Å². The Bertz CT molecular complexity index is 512. The number of hydrogen-bond donors (Lipinski definition) is 0. The third-order valence-electron chi connectivity index (χ3n) is 2.80. The lowest BCUT2D eigenvalue weighted by molar-refractivity contribution is 0.842. The first-order valence-electron chi connectivity index (χ1n) is 4.73. The van der Waals surface area contributed by atoms with Crippen LogP contribution in [0.1, 0.15) is 11.3 Å². The molecule has 0 aliphatic carbocycles. The molecule has 0 amide bonds. The molecule has 1 heteroatoms. The minimum absolute atomic E-state index is 0.653. The maximum absolute atomic E-state index is 5.36. The Balaban J connectivity index is 2.82. The van der Waals surface area contributed by atoms with Gasteiger partial charge in [0.05, 0.1) is 6.54 Å². The molecule has 1 aromatic heterocycles. The molecule has 70 valence electrons. The van der Waals surface area contributed by atoms with E-state index in [1.165, 1.54) is 22.2 Å². The van der Waals surface area contributed by atoms with Crippen molar-refractivity contribution in [3.05, 3.63) is 35.5 Å². The van der Waals surface area contributed by atoms with Gasteiger partial charge in [0.1, 0.15) is 0 Å². The third kappa shape index (κ3) is 1.12. The van der Waals surface area contributed by atoms with Crippen molar-refractivity contribution < 1.29 is 0 Å². The molecule has 0 aliphatic heterocycles. The van der Waals surface area contributed by atoms with Gasteiger partial charge in [-0.2, -0.15) is 0 Å². The predicted molar refractivity (Wildman–Crippen MR) is 60.2 cm³/mol. The summed E-state index contributed by atoms with van der Waals surface area (Å²) in [7, 11) is 0. The van der Waals surface area contributed by atoms with Gasteiger partial charge in [0.2, 0.25) is 0 Å². The van der Waals surface area contributed by atoms with Crippen LogP contribution in [0.2, 0.25) is 0 Å². The number of terminal acetylenes is 1. The van der Waals surface area contributed by atoms with Crippen LogP contribution in [0.25, 0.3) is 10.9 Å². The van der Waals surface area contributed by atoms with E-state index in [1.807, 2.05) is 6.07 Å².